The number of aliphatic hydroxyl groups excluding tert-OH is 1. The molecule has 0 amide bonds. The number of nitrogens with zero attached hydrogens (tertiary/aromatic N) is 2. The highest BCUT2D eigenvalue weighted by Crippen LogP contribution is 2.00. The molecule has 15 heavy (non-hydrogen) atoms. The lowest BCUT2D eigenvalue weighted by Crippen LogP contribution is -2.22. The SMILES string of the molecule is Nc1ccc(=O)n(CCCCCCO)n1. The fourth-order valence-electron chi connectivity index (χ4n) is 1.35. The molecule has 84 valence electrons. The molecule has 1 aromatic rings. The van der Waals surface area contributed by atoms with Gasteiger partial charge in [-0.1, -0.05) is 12.8 Å². The molecular weight excluding hydrogens is 194 g/mol. The van der Waals surface area contributed by atoms with Crippen molar-refractivity contribution in [3.63, 3.8) is 0 Å². The van der Waals surface area contributed by atoms with Crippen molar-refractivity contribution in [2.45, 2.75) is 32.2 Å². The van der Waals surface area contributed by atoms with Crippen LogP contribution in [0.15, 0.2) is 16.9 Å². The molecule has 0 aliphatic carbocycles. The van der Waals surface area contributed by atoms with E-state index in [2.05, 4.69) is 5.10 Å². The minimum atomic E-state index is -0.119. The van der Waals surface area contributed by atoms with Crippen LogP contribution in [0.3, 0.4) is 0 Å². The first-order valence-electron chi connectivity index (χ1n) is 5.18. The zero-order chi connectivity index (χ0) is 11.1. The van der Waals surface area contributed by atoms with Crippen LogP contribution in [0.5, 0.6) is 0 Å². The highest BCUT2D eigenvalue weighted by atomic mass is 16.2. The number of aliphatic hydroxyl groups is 1. The van der Waals surface area contributed by atoms with E-state index in [1.54, 1.807) is 0 Å². The van der Waals surface area contributed by atoms with Gasteiger partial charge in [0.2, 0.25) is 0 Å². The Bertz CT molecular complexity index is 349. The summed E-state index contributed by atoms with van der Waals surface area (Å²) in [5.74, 6) is 0.366. The van der Waals surface area contributed by atoms with Crippen LogP contribution in [0.25, 0.3) is 0 Å². The highest BCUT2D eigenvalue weighted by Gasteiger charge is 1.97. The molecule has 0 radical (unpaired) electrons. The van der Waals surface area contributed by atoms with Crippen molar-refractivity contribution in [2.75, 3.05) is 12.3 Å². The average Bonchev–Trinajstić information content (AvgIpc) is 2.23. The molecule has 1 heterocycles. The molecule has 5 heteroatoms. The summed E-state index contributed by atoms with van der Waals surface area (Å²) in [5.41, 5.74) is 5.36. The topological polar surface area (TPSA) is 81.1 Å². The van der Waals surface area contributed by atoms with E-state index in [4.69, 9.17) is 10.8 Å². The standard InChI is InChI=1S/C10H17N3O2/c11-9-5-6-10(15)13(12-9)7-3-1-2-4-8-14/h5-6,14H,1-4,7-8H2,(H2,11,12). The zero-order valence-electron chi connectivity index (χ0n) is 8.72. The Balaban J connectivity index is 2.37. The van der Waals surface area contributed by atoms with Crippen LogP contribution in [-0.4, -0.2) is 21.5 Å². The fourth-order valence-corrected chi connectivity index (χ4v) is 1.35. The maximum atomic E-state index is 11.3. The van der Waals surface area contributed by atoms with E-state index in [1.165, 1.54) is 16.8 Å². The molecule has 0 unspecified atom stereocenters. The summed E-state index contributed by atoms with van der Waals surface area (Å²) >= 11 is 0. The fraction of sp³-hybridized carbons (Fsp3) is 0.600. The van der Waals surface area contributed by atoms with Gasteiger partial charge in [-0.3, -0.25) is 4.79 Å². The summed E-state index contributed by atoms with van der Waals surface area (Å²) in [7, 11) is 0. The first-order valence-corrected chi connectivity index (χ1v) is 5.18. The number of aryl methyl sites for hydroxylation is 1. The Hall–Kier alpha value is -1.36. The molecule has 0 atom stereocenters. The lowest BCUT2D eigenvalue weighted by atomic mass is 10.2. The van der Waals surface area contributed by atoms with Crippen LogP contribution in [0, 0.1) is 0 Å². The van der Waals surface area contributed by atoms with Crippen molar-refractivity contribution < 1.29 is 5.11 Å². The number of anilines is 1. The summed E-state index contributed by atoms with van der Waals surface area (Å²) in [6, 6.07) is 2.93. The minimum Gasteiger partial charge on any atom is -0.396 e. The molecule has 1 aromatic heterocycles. The van der Waals surface area contributed by atoms with Crippen molar-refractivity contribution in [1.29, 1.82) is 0 Å². The second-order valence-electron chi connectivity index (χ2n) is 3.46. The molecule has 0 bridgehead atoms. The quantitative estimate of drug-likeness (QED) is 0.666. The number of nitrogens with two attached hydrogens (primary N) is 1. The molecule has 1 rings (SSSR count). The Morgan fingerprint density at radius 3 is 2.73 bits per heavy atom. The molecule has 0 aromatic carbocycles. The van der Waals surface area contributed by atoms with Gasteiger partial charge in [0, 0.05) is 19.2 Å². The largest absolute Gasteiger partial charge is 0.396 e. The van der Waals surface area contributed by atoms with E-state index in [0.29, 0.717) is 12.4 Å². The van der Waals surface area contributed by atoms with Crippen LogP contribution in [0.2, 0.25) is 0 Å². The van der Waals surface area contributed by atoms with E-state index in [9.17, 15) is 4.79 Å². The third-order valence-corrected chi connectivity index (χ3v) is 2.17. The molecule has 0 spiro atoms. The zero-order valence-corrected chi connectivity index (χ0v) is 8.72. The summed E-state index contributed by atoms with van der Waals surface area (Å²) in [6.07, 6.45) is 3.67. The number of rotatable bonds is 6. The van der Waals surface area contributed by atoms with E-state index >= 15 is 0 Å². The predicted molar refractivity (Wildman–Crippen MR) is 58.5 cm³/mol. The average molecular weight is 211 g/mol. The van der Waals surface area contributed by atoms with E-state index in [0.717, 1.165) is 25.7 Å². The first-order chi connectivity index (χ1) is 7.24. The third-order valence-electron chi connectivity index (χ3n) is 2.17. The van der Waals surface area contributed by atoms with Gasteiger partial charge in [0.05, 0.1) is 0 Å². The van der Waals surface area contributed by atoms with Crippen LogP contribution in [0.4, 0.5) is 5.82 Å². The van der Waals surface area contributed by atoms with Gasteiger partial charge in [-0.15, -0.1) is 0 Å². The maximum Gasteiger partial charge on any atom is 0.266 e. The molecule has 0 fully saturated rings. The van der Waals surface area contributed by atoms with Gasteiger partial charge < -0.3 is 10.8 Å². The van der Waals surface area contributed by atoms with Crippen LogP contribution in [0.1, 0.15) is 25.7 Å². The number of nitrogen functional groups attached to an aromatic ring is 1. The maximum absolute atomic E-state index is 11.3. The number of unbranched alkanes of at least 4 members (excludes halogenated alkanes) is 3. The predicted octanol–water partition coefficient (Wildman–Crippen LogP) is 0.378. The Morgan fingerprint density at radius 2 is 2.00 bits per heavy atom. The number of aromatic nitrogens is 2. The van der Waals surface area contributed by atoms with Crippen molar-refractivity contribution in [2.24, 2.45) is 0 Å². The van der Waals surface area contributed by atoms with Crippen molar-refractivity contribution >= 4 is 5.82 Å². The monoisotopic (exact) mass is 211 g/mol. The van der Waals surface area contributed by atoms with Gasteiger partial charge in [0.1, 0.15) is 5.82 Å². The van der Waals surface area contributed by atoms with Gasteiger partial charge in [0.15, 0.2) is 0 Å². The lowest BCUT2D eigenvalue weighted by Gasteiger charge is -2.04. The van der Waals surface area contributed by atoms with E-state index < -0.39 is 0 Å². The second-order valence-corrected chi connectivity index (χ2v) is 3.46. The summed E-state index contributed by atoms with van der Waals surface area (Å²) < 4.78 is 1.38. The number of hydrogen-bond donors (Lipinski definition) is 2. The van der Waals surface area contributed by atoms with E-state index in [1.807, 2.05) is 0 Å². The van der Waals surface area contributed by atoms with Gasteiger partial charge in [0.25, 0.3) is 5.56 Å². The third kappa shape index (κ3) is 4.12. The smallest absolute Gasteiger partial charge is 0.266 e. The Kier molecular flexibility index (Phi) is 4.83. The number of hydrogen-bond acceptors (Lipinski definition) is 4. The van der Waals surface area contributed by atoms with Gasteiger partial charge in [-0.05, 0) is 18.9 Å². The molecule has 0 aliphatic rings. The summed E-state index contributed by atoms with van der Waals surface area (Å²) in [6.45, 7) is 0.825. The van der Waals surface area contributed by atoms with Crippen LogP contribution in [-0.2, 0) is 6.54 Å². The van der Waals surface area contributed by atoms with Crippen molar-refractivity contribution in [3.8, 4) is 0 Å². The molecule has 3 N–H and O–H groups in total. The first kappa shape index (κ1) is 11.7. The van der Waals surface area contributed by atoms with Gasteiger partial charge in [-0.25, -0.2) is 4.68 Å². The highest BCUT2D eigenvalue weighted by molar-refractivity contribution is 5.23. The summed E-state index contributed by atoms with van der Waals surface area (Å²) in [4.78, 5) is 11.3. The van der Waals surface area contributed by atoms with Crippen molar-refractivity contribution in [3.05, 3.63) is 22.5 Å². The lowest BCUT2D eigenvalue weighted by molar-refractivity contribution is 0.282. The minimum absolute atomic E-state index is 0.119. The Labute approximate surface area is 88.5 Å². The second kappa shape index (κ2) is 6.19. The van der Waals surface area contributed by atoms with E-state index in [-0.39, 0.29) is 12.2 Å². The summed E-state index contributed by atoms with van der Waals surface area (Å²) in [5, 5.41) is 12.5. The van der Waals surface area contributed by atoms with Crippen molar-refractivity contribution in [1.82, 2.24) is 9.78 Å². The van der Waals surface area contributed by atoms with Crippen LogP contribution < -0.4 is 11.3 Å². The Morgan fingerprint density at radius 1 is 1.27 bits per heavy atom. The molecule has 0 saturated heterocycles. The molecular formula is C10H17N3O2. The van der Waals surface area contributed by atoms with Gasteiger partial charge >= 0.3 is 0 Å². The molecule has 0 saturated carbocycles. The normalized spacial score (nSPS) is 10.5. The molecule has 0 aliphatic heterocycles. The van der Waals surface area contributed by atoms with Crippen LogP contribution >= 0.6 is 0 Å². The van der Waals surface area contributed by atoms with Gasteiger partial charge in [-0.2, -0.15) is 5.10 Å². The molecule has 5 nitrogen and oxygen atoms in total.